The molecule has 1 aromatic carbocycles. The topological polar surface area (TPSA) is 29.3 Å². The van der Waals surface area contributed by atoms with Crippen LogP contribution in [-0.4, -0.2) is 25.0 Å². The fourth-order valence-electron chi connectivity index (χ4n) is 2.82. The van der Waals surface area contributed by atoms with Crippen LogP contribution in [0.4, 0.5) is 8.78 Å². The predicted molar refractivity (Wildman–Crippen MR) is 68.7 cm³/mol. The summed E-state index contributed by atoms with van der Waals surface area (Å²) < 4.78 is 26.2. The average Bonchev–Trinajstić information content (AvgIpc) is 2.70. The number of hydrogen-bond acceptors (Lipinski definition) is 2. The largest absolute Gasteiger partial charge is 0.330 e. The first kappa shape index (κ1) is 13.4. The van der Waals surface area contributed by atoms with Crippen molar-refractivity contribution in [2.45, 2.75) is 25.8 Å². The Morgan fingerprint density at radius 2 is 2.17 bits per heavy atom. The van der Waals surface area contributed by atoms with E-state index in [1.165, 1.54) is 0 Å². The molecule has 0 saturated carbocycles. The molecule has 2 nitrogen and oxygen atoms in total. The lowest BCUT2D eigenvalue weighted by molar-refractivity contribution is 0.147. The van der Waals surface area contributed by atoms with E-state index in [1.54, 1.807) is 12.1 Å². The van der Waals surface area contributed by atoms with Crippen molar-refractivity contribution in [1.29, 1.82) is 0 Å². The molecule has 100 valence electrons. The highest BCUT2D eigenvalue weighted by Crippen LogP contribution is 2.38. The summed E-state index contributed by atoms with van der Waals surface area (Å²) >= 11 is 0. The van der Waals surface area contributed by atoms with Gasteiger partial charge in [0.15, 0.2) is 0 Å². The zero-order valence-corrected chi connectivity index (χ0v) is 10.9. The van der Waals surface area contributed by atoms with Crippen molar-refractivity contribution in [3.8, 4) is 0 Å². The van der Waals surface area contributed by atoms with E-state index in [0.29, 0.717) is 12.5 Å². The number of hydrogen-bond donors (Lipinski definition) is 1. The highest BCUT2D eigenvalue weighted by molar-refractivity contribution is 5.35. The second kappa shape index (κ2) is 5.33. The summed E-state index contributed by atoms with van der Waals surface area (Å²) in [5.41, 5.74) is 7.65. The fraction of sp³-hybridized carbons (Fsp3) is 0.571. The number of benzene rings is 1. The van der Waals surface area contributed by atoms with Gasteiger partial charge in [-0.15, -0.1) is 0 Å². The molecule has 2 N–H and O–H groups in total. The van der Waals surface area contributed by atoms with Crippen LogP contribution in [0.1, 0.15) is 35.6 Å². The fourth-order valence-corrected chi connectivity index (χ4v) is 2.82. The van der Waals surface area contributed by atoms with Crippen LogP contribution in [0.25, 0.3) is 0 Å². The van der Waals surface area contributed by atoms with Crippen molar-refractivity contribution < 1.29 is 8.78 Å². The van der Waals surface area contributed by atoms with E-state index in [0.717, 1.165) is 24.1 Å². The maximum Gasteiger partial charge on any atom is 0.264 e. The second-order valence-corrected chi connectivity index (χ2v) is 5.23. The summed E-state index contributed by atoms with van der Waals surface area (Å²) in [5, 5.41) is 0. The Kier molecular flexibility index (Phi) is 3.97. The minimum absolute atomic E-state index is 0.0717. The van der Waals surface area contributed by atoms with Gasteiger partial charge in [0, 0.05) is 18.2 Å². The molecule has 1 heterocycles. The van der Waals surface area contributed by atoms with Crippen LogP contribution < -0.4 is 5.73 Å². The van der Waals surface area contributed by atoms with Gasteiger partial charge in [0.05, 0.1) is 0 Å². The van der Waals surface area contributed by atoms with Gasteiger partial charge in [0.1, 0.15) is 0 Å². The molecule has 1 aliphatic rings. The van der Waals surface area contributed by atoms with E-state index in [-0.39, 0.29) is 11.6 Å². The van der Waals surface area contributed by atoms with Crippen LogP contribution >= 0.6 is 0 Å². The molecule has 1 saturated heterocycles. The van der Waals surface area contributed by atoms with E-state index in [9.17, 15) is 8.78 Å². The van der Waals surface area contributed by atoms with Crippen molar-refractivity contribution in [2.24, 2.45) is 11.7 Å². The molecule has 0 radical (unpaired) electrons. The smallest absolute Gasteiger partial charge is 0.264 e. The third-order valence-electron chi connectivity index (χ3n) is 3.80. The quantitative estimate of drug-likeness (QED) is 0.898. The molecule has 0 spiro atoms. The minimum atomic E-state index is -2.41. The maximum atomic E-state index is 13.1. The molecule has 1 aromatic rings. The van der Waals surface area contributed by atoms with E-state index >= 15 is 0 Å². The van der Waals surface area contributed by atoms with Gasteiger partial charge in [-0.2, -0.15) is 0 Å². The van der Waals surface area contributed by atoms with Gasteiger partial charge in [-0.1, -0.05) is 23.8 Å². The number of nitrogens with zero attached hydrogens (tertiary/aromatic N) is 1. The number of alkyl halides is 2. The van der Waals surface area contributed by atoms with Gasteiger partial charge >= 0.3 is 0 Å². The van der Waals surface area contributed by atoms with Gasteiger partial charge in [-0.05, 0) is 38.4 Å². The van der Waals surface area contributed by atoms with Crippen molar-refractivity contribution in [3.63, 3.8) is 0 Å². The summed E-state index contributed by atoms with van der Waals surface area (Å²) in [7, 11) is 1.98. The van der Waals surface area contributed by atoms with Gasteiger partial charge in [0.2, 0.25) is 0 Å². The van der Waals surface area contributed by atoms with Crippen LogP contribution in [0.3, 0.4) is 0 Å². The standard InChI is InChI=1S/C14H20F2N2/c1-9-3-4-11(14(15)16)12(5-9)13-6-10(7-17)8-18(13)2/h3-5,10,13-14H,6-8,17H2,1-2H3. The molecule has 0 bridgehead atoms. The molecule has 0 aliphatic carbocycles. The number of nitrogens with two attached hydrogens (primary N) is 1. The number of rotatable bonds is 3. The van der Waals surface area contributed by atoms with E-state index in [2.05, 4.69) is 4.90 Å². The second-order valence-electron chi connectivity index (χ2n) is 5.23. The Morgan fingerprint density at radius 3 is 2.72 bits per heavy atom. The lowest BCUT2D eigenvalue weighted by Crippen LogP contribution is -2.21. The Bertz CT molecular complexity index is 420. The molecule has 2 rings (SSSR count). The number of aryl methyl sites for hydroxylation is 1. The zero-order valence-electron chi connectivity index (χ0n) is 10.9. The Labute approximate surface area is 107 Å². The van der Waals surface area contributed by atoms with Gasteiger partial charge < -0.3 is 5.73 Å². The van der Waals surface area contributed by atoms with Crippen molar-refractivity contribution in [1.82, 2.24) is 4.90 Å². The van der Waals surface area contributed by atoms with E-state index in [4.69, 9.17) is 5.73 Å². The first-order valence-electron chi connectivity index (χ1n) is 6.31. The Morgan fingerprint density at radius 1 is 1.44 bits per heavy atom. The summed E-state index contributed by atoms with van der Waals surface area (Å²) in [5.74, 6) is 0.408. The highest BCUT2D eigenvalue weighted by atomic mass is 19.3. The molecule has 18 heavy (non-hydrogen) atoms. The predicted octanol–water partition coefficient (Wildman–Crippen LogP) is 2.88. The molecule has 1 fully saturated rings. The van der Waals surface area contributed by atoms with Crippen LogP contribution in [0.2, 0.25) is 0 Å². The van der Waals surface area contributed by atoms with Gasteiger partial charge in [0.25, 0.3) is 6.43 Å². The van der Waals surface area contributed by atoms with Crippen LogP contribution in [0, 0.1) is 12.8 Å². The van der Waals surface area contributed by atoms with Crippen molar-refractivity contribution in [2.75, 3.05) is 20.1 Å². The summed E-state index contributed by atoms with van der Waals surface area (Å²) in [4.78, 5) is 2.14. The molecule has 2 unspecified atom stereocenters. The van der Waals surface area contributed by atoms with E-state index < -0.39 is 6.43 Å². The van der Waals surface area contributed by atoms with Crippen LogP contribution in [-0.2, 0) is 0 Å². The molecule has 2 atom stereocenters. The highest BCUT2D eigenvalue weighted by Gasteiger charge is 2.32. The maximum absolute atomic E-state index is 13.1. The molecule has 0 amide bonds. The minimum Gasteiger partial charge on any atom is -0.330 e. The van der Waals surface area contributed by atoms with Crippen molar-refractivity contribution >= 4 is 0 Å². The van der Waals surface area contributed by atoms with Crippen LogP contribution in [0.5, 0.6) is 0 Å². The molecule has 4 heteroatoms. The summed E-state index contributed by atoms with van der Waals surface area (Å²) in [6, 6.07) is 5.27. The van der Waals surface area contributed by atoms with E-state index in [1.807, 2.05) is 20.0 Å². The monoisotopic (exact) mass is 254 g/mol. The normalized spacial score (nSPS) is 25.0. The summed E-state index contributed by atoms with van der Waals surface area (Å²) in [6.45, 7) is 3.45. The number of likely N-dealkylation sites (tertiary alicyclic amines) is 1. The lowest BCUT2D eigenvalue weighted by atomic mass is 9.94. The van der Waals surface area contributed by atoms with Crippen LogP contribution in [0.15, 0.2) is 18.2 Å². The van der Waals surface area contributed by atoms with Gasteiger partial charge in [-0.3, -0.25) is 4.90 Å². The third kappa shape index (κ3) is 2.54. The lowest BCUT2D eigenvalue weighted by Gasteiger charge is -2.22. The SMILES string of the molecule is Cc1ccc(C(F)F)c(C2CC(CN)CN2C)c1. The molecule has 0 aromatic heterocycles. The Balaban J connectivity index is 2.35. The summed E-state index contributed by atoms with van der Waals surface area (Å²) in [6.07, 6.45) is -1.54. The average molecular weight is 254 g/mol. The molecular formula is C14H20F2N2. The first-order valence-corrected chi connectivity index (χ1v) is 6.31. The third-order valence-corrected chi connectivity index (χ3v) is 3.80. The number of halogens is 2. The molecular weight excluding hydrogens is 234 g/mol. The first-order chi connectivity index (χ1) is 8.52. The Hall–Kier alpha value is -1.00. The molecule has 1 aliphatic heterocycles. The zero-order chi connectivity index (χ0) is 13.3. The van der Waals surface area contributed by atoms with Crippen molar-refractivity contribution in [3.05, 3.63) is 34.9 Å². The van der Waals surface area contributed by atoms with Gasteiger partial charge in [-0.25, -0.2) is 8.78 Å².